The van der Waals surface area contributed by atoms with Gasteiger partial charge in [-0.2, -0.15) is 0 Å². The SMILES string of the molecule is C=C(C)C(=O)Oc1c2ccccc2c(OC(=O)C(=C)C)c2cc(OCCC)ccc12. The zero-order valence-electron chi connectivity index (χ0n) is 17.4. The molecule has 0 atom stereocenters. The smallest absolute Gasteiger partial charge is 0.338 e. The Kier molecular flexibility index (Phi) is 6.21. The molecular weight excluding hydrogens is 380 g/mol. The van der Waals surface area contributed by atoms with E-state index in [4.69, 9.17) is 14.2 Å². The predicted molar refractivity (Wildman–Crippen MR) is 118 cm³/mol. The van der Waals surface area contributed by atoms with Crippen molar-refractivity contribution < 1.29 is 23.8 Å². The van der Waals surface area contributed by atoms with E-state index in [0.717, 1.165) is 6.42 Å². The van der Waals surface area contributed by atoms with Gasteiger partial charge in [-0.3, -0.25) is 0 Å². The van der Waals surface area contributed by atoms with E-state index >= 15 is 0 Å². The minimum atomic E-state index is -0.534. The van der Waals surface area contributed by atoms with Crippen LogP contribution in [0.2, 0.25) is 0 Å². The quantitative estimate of drug-likeness (QED) is 0.217. The molecule has 0 N–H and O–H groups in total. The van der Waals surface area contributed by atoms with Crippen LogP contribution in [0.3, 0.4) is 0 Å². The summed E-state index contributed by atoms with van der Waals surface area (Å²) in [7, 11) is 0. The monoisotopic (exact) mass is 404 g/mol. The minimum Gasteiger partial charge on any atom is -0.494 e. The molecule has 5 nitrogen and oxygen atoms in total. The zero-order chi connectivity index (χ0) is 21.8. The van der Waals surface area contributed by atoms with Crippen LogP contribution >= 0.6 is 0 Å². The fraction of sp³-hybridized carbons (Fsp3) is 0.200. The molecule has 0 saturated carbocycles. The van der Waals surface area contributed by atoms with Crippen LogP contribution < -0.4 is 14.2 Å². The van der Waals surface area contributed by atoms with Crippen molar-refractivity contribution in [1.29, 1.82) is 0 Å². The third kappa shape index (κ3) is 4.20. The van der Waals surface area contributed by atoms with Gasteiger partial charge in [-0.25, -0.2) is 9.59 Å². The van der Waals surface area contributed by atoms with E-state index in [1.807, 2.05) is 31.2 Å². The largest absolute Gasteiger partial charge is 0.494 e. The number of carbonyl (C=O) groups excluding carboxylic acids is 2. The third-order valence-corrected chi connectivity index (χ3v) is 4.46. The molecule has 0 fully saturated rings. The van der Waals surface area contributed by atoms with Crippen molar-refractivity contribution >= 4 is 33.5 Å². The molecule has 0 heterocycles. The number of hydrogen-bond acceptors (Lipinski definition) is 5. The number of ether oxygens (including phenoxy) is 3. The summed E-state index contributed by atoms with van der Waals surface area (Å²) in [5, 5.41) is 2.50. The Morgan fingerprint density at radius 3 is 1.80 bits per heavy atom. The van der Waals surface area contributed by atoms with E-state index in [9.17, 15) is 9.59 Å². The molecule has 0 aliphatic heterocycles. The molecule has 30 heavy (non-hydrogen) atoms. The molecule has 0 radical (unpaired) electrons. The number of esters is 2. The topological polar surface area (TPSA) is 61.8 Å². The highest BCUT2D eigenvalue weighted by Crippen LogP contribution is 2.44. The Bertz CT molecular complexity index is 1170. The second-order valence-corrected chi connectivity index (χ2v) is 7.10. The van der Waals surface area contributed by atoms with Crippen molar-refractivity contribution in [3.8, 4) is 17.2 Å². The standard InChI is InChI=1S/C25H24O5/c1-6-13-28-17-11-12-20-21(14-17)23(30-25(27)16(4)5)19-10-8-7-9-18(19)22(20)29-24(26)15(2)3/h7-12,14H,2,4,6,13H2,1,3,5H3. The van der Waals surface area contributed by atoms with Gasteiger partial charge in [0.2, 0.25) is 0 Å². The Morgan fingerprint density at radius 1 is 0.800 bits per heavy atom. The normalized spacial score (nSPS) is 10.6. The van der Waals surface area contributed by atoms with Gasteiger partial charge in [0, 0.05) is 32.7 Å². The summed E-state index contributed by atoms with van der Waals surface area (Å²) >= 11 is 0. The zero-order valence-corrected chi connectivity index (χ0v) is 17.4. The lowest BCUT2D eigenvalue weighted by Crippen LogP contribution is -2.11. The van der Waals surface area contributed by atoms with E-state index in [0.29, 0.717) is 45.4 Å². The lowest BCUT2D eigenvalue weighted by atomic mass is 10.00. The average molecular weight is 404 g/mol. The Hall–Kier alpha value is -3.60. The molecule has 0 spiro atoms. The predicted octanol–water partition coefficient (Wildman–Crippen LogP) is 5.74. The number of fused-ring (bicyclic) bond motifs is 2. The maximum atomic E-state index is 12.4. The molecular formula is C25H24O5. The minimum absolute atomic E-state index is 0.281. The molecule has 0 saturated heterocycles. The van der Waals surface area contributed by atoms with Crippen molar-refractivity contribution in [2.45, 2.75) is 27.2 Å². The highest BCUT2D eigenvalue weighted by molar-refractivity contribution is 6.14. The second-order valence-electron chi connectivity index (χ2n) is 7.10. The molecule has 0 aliphatic carbocycles. The number of rotatable bonds is 7. The molecule has 0 unspecified atom stereocenters. The van der Waals surface area contributed by atoms with Crippen LogP contribution in [0.1, 0.15) is 27.2 Å². The van der Waals surface area contributed by atoms with Gasteiger partial charge in [0.05, 0.1) is 6.61 Å². The van der Waals surface area contributed by atoms with Gasteiger partial charge >= 0.3 is 11.9 Å². The summed E-state index contributed by atoms with van der Waals surface area (Å²) in [6.07, 6.45) is 0.856. The highest BCUT2D eigenvalue weighted by Gasteiger charge is 2.21. The maximum Gasteiger partial charge on any atom is 0.338 e. The molecule has 3 aromatic carbocycles. The van der Waals surface area contributed by atoms with E-state index < -0.39 is 11.9 Å². The Balaban J connectivity index is 2.34. The molecule has 3 aromatic rings. The number of benzene rings is 3. The molecule has 0 aliphatic rings. The van der Waals surface area contributed by atoms with Crippen molar-refractivity contribution in [3.05, 3.63) is 66.8 Å². The summed E-state index contributed by atoms with van der Waals surface area (Å²) in [5.74, 6) is 0.313. The first-order valence-electron chi connectivity index (χ1n) is 9.70. The van der Waals surface area contributed by atoms with Gasteiger partial charge in [-0.15, -0.1) is 0 Å². The third-order valence-electron chi connectivity index (χ3n) is 4.46. The van der Waals surface area contributed by atoms with Gasteiger partial charge in [0.15, 0.2) is 0 Å². The first kappa shape index (κ1) is 21.1. The van der Waals surface area contributed by atoms with Crippen molar-refractivity contribution in [2.75, 3.05) is 6.61 Å². The molecule has 0 aromatic heterocycles. The molecule has 3 rings (SSSR count). The molecule has 5 heteroatoms. The van der Waals surface area contributed by atoms with Crippen LogP contribution in [0.5, 0.6) is 17.2 Å². The second kappa shape index (κ2) is 8.82. The van der Waals surface area contributed by atoms with Crippen molar-refractivity contribution in [2.24, 2.45) is 0 Å². The summed E-state index contributed by atoms with van der Waals surface area (Å²) in [4.78, 5) is 24.7. The van der Waals surface area contributed by atoms with Crippen LogP contribution in [-0.2, 0) is 9.59 Å². The lowest BCUT2D eigenvalue weighted by molar-refractivity contribution is -0.130. The fourth-order valence-corrected chi connectivity index (χ4v) is 2.97. The van der Waals surface area contributed by atoms with Gasteiger partial charge < -0.3 is 14.2 Å². The van der Waals surface area contributed by atoms with Crippen LogP contribution in [0.4, 0.5) is 0 Å². The van der Waals surface area contributed by atoms with Gasteiger partial charge in [-0.1, -0.05) is 44.3 Å². The Labute approximate surface area is 175 Å². The summed E-state index contributed by atoms with van der Waals surface area (Å²) < 4.78 is 17.2. The van der Waals surface area contributed by atoms with Crippen molar-refractivity contribution in [1.82, 2.24) is 0 Å². The first-order chi connectivity index (χ1) is 14.3. The average Bonchev–Trinajstić information content (AvgIpc) is 2.73. The number of carbonyl (C=O) groups is 2. The van der Waals surface area contributed by atoms with Crippen LogP contribution in [0.15, 0.2) is 66.8 Å². The molecule has 0 bridgehead atoms. The van der Waals surface area contributed by atoms with E-state index in [1.54, 1.807) is 32.0 Å². The first-order valence-corrected chi connectivity index (χ1v) is 9.70. The summed E-state index contributed by atoms with van der Waals surface area (Å²) in [6, 6.07) is 12.7. The molecule has 0 amide bonds. The van der Waals surface area contributed by atoms with Crippen LogP contribution in [0.25, 0.3) is 21.5 Å². The van der Waals surface area contributed by atoms with Gasteiger partial charge in [0.25, 0.3) is 0 Å². The Morgan fingerprint density at radius 2 is 1.30 bits per heavy atom. The van der Waals surface area contributed by atoms with E-state index in [1.165, 1.54) is 0 Å². The molecule has 154 valence electrons. The van der Waals surface area contributed by atoms with Crippen molar-refractivity contribution in [3.63, 3.8) is 0 Å². The summed E-state index contributed by atoms with van der Waals surface area (Å²) in [6.45, 7) is 13.1. The van der Waals surface area contributed by atoms with Gasteiger partial charge in [-0.05, 0) is 38.5 Å². The lowest BCUT2D eigenvalue weighted by Gasteiger charge is -2.17. The maximum absolute atomic E-state index is 12.4. The van der Waals surface area contributed by atoms with E-state index in [-0.39, 0.29) is 11.1 Å². The summed E-state index contributed by atoms with van der Waals surface area (Å²) in [5.41, 5.74) is 0.566. The number of hydrogen-bond donors (Lipinski definition) is 0. The fourth-order valence-electron chi connectivity index (χ4n) is 2.97. The highest BCUT2D eigenvalue weighted by atomic mass is 16.5. The van der Waals surface area contributed by atoms with Gasteiger partial charge in [0.1, 0.15) is 17.2 Å². The van der Waals surface area contributed by atoms with Crippen LogP contribution in [0, 0.1) is 0 Å². The van der Waals surface area contributed by atoms with Crippen LogP contribution in [-0.4, -0.2) is 18.5 Å². The van der Waals surface area contributed by atoms with E-state index in [2.05, 4.69) is 13.2 Å².